The number of carbonyl (C=O) groups is 1. The van der Waals surface area contributed by atoms with E-state index in [1.165, 1.54) is 32.1 Å². The van der Waals surface area contributed by atoms with E-state index in [4.69, 9.17) is 0 Å². The van der Waals surface area contributed by atoms with E-state index in [1.807, 2.05) is 0 Å². The van der Waals surface area contributed by atoms with Gasteiger partial charge in [0.2, 0.25) is 5.91 Å². The topological polar surface area (TPSA) is 32.3 Å². The Morgan fingerprint density at radius 1 is 1.00 bits per heavy atom. The van der Waals surface area contributed by atoms with Crippen LogP contribution < -0.4 is 5.32 Å². The summed E-state index contributed by atoms with van der Waals surface area (Å²) >= 11 is 0. The SMILES string of the molecule is CC1(C(=O)N2CCCCCCC2)CCNCC1. The molecule has 0 aromatic carbocycles. The number of nitrogens with zero attached hydrogens (tertiary/aromatic N) is 1. The first kappa shape index (κ1) is 12.9. The van der Waals surface area contributed by atoms with E-state index in [0.717, 1.165) is 39.0 Å². The zero-order valence-electron chi connectivity index (χ0n) is 11.1. The van der Waals surface area contributed by atoms with E-state index in [1.54, 1.807) is 0 Å². The Kier molecular flexibility index (Phi) is 4.43. The zero-order chi connectivity index (χ0) is 12.1. The fourth-order valence-corrected chi connectivity index (χ4v) is 3.02. The first-order chi connectivity index (χ1) is 8.22. The highest BCUT2D eigenvalue weighted by molar-refractivity contribution is 5.82. The Labute approximate surface area is 105 Å². The van der Waals surface area contributed by atoms with Gasteiger partial charge in [-0.3, -0.25) is 4.79 Å². The van der Waals surface area contributed by atoms with Crippen molar-refractivity contribution in [1.29, 1.82) is 0 Å². The van der Waals surface area contributed by atoms with Crippen molar-refractivity contribution in [3.05, 3.63) is 0 Å². The maximum absolute atomic E-state index is 12.6. The highest BCUT2D eigenvalue weighted by Gasteiger charge is 2.37. The second kappa shape index (κ2) is 5.85. The lowest BCUT2D eigenvalue weighted by Gasteiger charge is -2.38. The number of hydrogen-bond donors (Lipinski definition) is 1. The predicted octanol–water partition coefficient (Wildman–Crippen LogP) is 2.17. The normalized spacial score (nSPS) is 26.1. The largest absolute Gasteiger partial charge is 0.342 e. The van der Waals surface area contributed by atoms with Gasteiger partial charge in [0.25, 0.3) is 0 Å². The van der Waals surface area contributed by atoms with Crippen LogP contribution in [0.1, 0.15) is 51.9 Å². The van der Waals surface area contributed by atoms with Crippen LogP contribution in [0.4, 0.5) is 0 Å². The molecular formula is C14H26N2O. The van der Waals surface area contributed by atoms with Crippen LogP contribution in [-0.4, -0.2) is 37.0 Å². The maximum atomic E-state index is 12.6. The lowest BCUT2D eigenvalue weighted by molar-refractivity contribution is -0.143. The van der Waals surface area contributed by atoms with Crippen molar-refractivity contribution in [2.24, 2.45) is 5.41 Å². The molecular weight excluding hydrogens is 212 g/mol. The van der Waals surface area contributed by atoms with E-state index in [2.05, 4.69) is 17.1 Å². The van der Waals surface area contributed by atoms with Gasteiger partial charge in [-0.15, -0.1) is 0 Å². The molecule has 0 atom stereocenters. The van der Waals surface area contributed by atoms with Gasteiger partial charge in [0.1, 0.15) is 0 Å². The molecule has 2 rings (SSSR count). The number of nitrogens with one attached hydrogen (secondary N) is 1. The number of amides is 1. The van der Waals surface area contributed by atoms with Crippen molar-refractivity contribution >= 4 is 5.91 Å². The van der Waals surface area contributed by atoms with Crippen molar-refractivity contribution in [2.75, 3.05) is 26.2 Å². The smallest absolute Gasteiger partial charge is 0.228 e. The fourth-order valence-electron chi connectivity index (χ4n) is 3.02. The molecule has 17 heavy (non-hydrogen) atoms. The summed E-state index contributed by atoms with van der Waals surface area (Å²) in [5, 5.41) is 3.35. The van der Waals surface area contributed by atoms with Gasteiger partial charge in [0.15, 0.2) is 0 Å². The molecule has 0 aromatic rings. The summed E-state index contributed by atoms with van der Waals surface area (Å²) in [6.45, 7) is 6.13. The van der Waals surface area contributed by atoms with Crippen LogP contribution in [0.5, 0.6) is 0 Å². The average molecular weight is 238 g/mol. The summed E-state index contributed by atoms with van der Waals surface area (Å²) < 4.78 is 0. The third-order valence-corrected chi connectivity index (χ3v) is 4.37. The molecule has 1 amide bonds. The molecule has 98 valence electrons. The van der Waals surface area contributed by atoms with Gasteiger partial charge >= 0.3 is 0 Å². The molecule has 0 aliphatic carbocycles. The van der Waals surface area contributed by atoms with Crippen LogP contribution in [0.3, 0.4) is 0 Å². The number of hydrogen-bond acceptors (Lipinski definition) is 2. The Morgan fingerprint density at radius 3 is 2.12 bits per heavy atom. The first-order valence-electron chi connectivity index (χ1n) is 7.22. The molecule has 0 aromatic heterocycles. The third-order valence-electron chi connectivity index (χ3n) is 4.37. The molecule has 0 bridgehead atoms. The van der Waals surface area contributed by atoms with Crippen molar-refractivity contribution in [3.63, 3.8) is 0 Å². The minimum atomic E-state index is -0.0928. The van der Waals surface area contributed by atoms with Crippen LogP contribution in [0.15, 0.2) is 0 Å². The van der Waals surface area contributed by atoms with Crippen molar-refractivity contribution < 1.29 is 4.79 Å². The average Bonchev–Trinajstić information content (AvgIpc) is 2.29. The van der Waals surface area contributed by atoms with Gasteiger partial charge in [0.05, 0.1) is 0 Å². The minimum Gasteiger partial charge on any atom is -0.342 e. The van der Waals surface area contributed by atoms with Gasteiger partial charge in [-0.25, -0.2) is 0 Å². The van der Waals surface area contributed by atoms with Gasteiger partial charge < -0.3 is 10.2 Å². The van der Waals surface area contributed by atoms with Crippen molar-refractivity contribution in [3.8, 4) is 0 Å². The molecule has 3 nitrogen and oxygen atoms in total. The standard InChI is InChI=1S/C14H26N2O/c1-14(7-9-15-10-8-14)13(17)16-11-5-3-2-4-6-12-16/h15H,2-12H2,1H3. The van der Waals surface area contributed by atoms with Gasteiger partial charge in [-0.05, 0) is 38.8 Å². The summed E-state index contributed by atoms with van der Waals surface area (Å²) in [5.74, 6) is 0.418. The highest BCUT2D eigenvalue weighted by atomic mass is 16.2. The maximum Gasteiger partial charge on any atom is 0.228 e. The second-order valence-corrected chi connectivity index (χ2v) is 5.87. The highest BCUT2D eigenvalue weighted by Crippen LogP contribution is 2.31. The predicted molar refractivity (Wildman–Crippen MR) is 69.9 cm³/mol. The third kappa shape index (κ3) is 3.21. The van der Waals surface area contributed by atoms with E-state index >= 15 is 0 Å². The monoisotopic (exact) mass is 238 g/mol. The van der Waals surface area contributed by atoms with Crippen molar-refractivity contribution in [1.82, 2.24) is 10.2 Å². The number of piperidine rings is 1. The number of rotatable bonds is 1. The molecule has 0 saturated carbocycles. The molecule has 3 heteroatoms. The van der Waals surface area contributed by atoms with Gasteiger partial charge in [-0.2, -0.15) is 0 Å². The lowest BCUT2D eigenvalue weighted by atomic mass is 9.79. The van der Waals surface area contributed by atoms with Crippen LogP contribution >= 0.6 is 0 Å². The molecule has 2 heterocycles. The molecule has 0 radical (unpaired) electrons. The molecule has 2 aliphatic heterocycles. The van der Waals surface area contributed by atoms with Gasteiger partial charge in [-0.1, -0.05) is 26.2 Å². The number of likely N-dealkylation sites (tertiary alicyclic amines) is 1. The van der Waals surface area contributed by atoms with E-state index in [9.17, 15) is 4.79 Å². The number of carbonyl (C=O) groups excluding carboxylic acids is 1. The molecule has 1 N–H and O–H groups in total. The van der Waals surface area contributed by atoms with Crippen LogP contribution in [0, 0.1) is 5.41 Å². The van der Waals surface area contributed by atoms with Crippen LogP contribution in [0.25, 0.3) is 0 Å². The molecule has 0 unspecified atom stereocenters. The van der Waals surface area contributed by atoms with E-state index in [0.29, 0.717) is 5.91 Å². The molecule has 0 spiro atoms. The first-order valence-corrected chi connectivity index (χ1v) is 7.22. The molecule has 2 fully saturated rings. The summed E-state index contributed by atoms with van der Waals surface area (Å²) in [6, 6.07) is 0. The van der Waals surface area contributed by atoms with Crippen LogP contribution in [-0.2, 0) is 4.79 Å². The Bertz CT molecular complexity index is 251. The summed E-state index contributed by atoms with van der Waals surface area (Å²) in [7, 11) is 0. The second-order valence-electron chi connectivity index (χ2n) is 5.87. The summed E-state index contributed by atoms with van der Waals surface area (Å²) in [4.78, 5) is 14.8. The van der Waals surface area contributed by atoms with E-state index in [-0.39, 0.29) is 5.41 Å². The summed E-state index contributed by atoms with van der Waals surface area (Å²) in [6.07, 6.45) is 8.33. The Hall–Kier alpha value is -0.570. The zero-order valence-corrected chi connectivity index (χ0v) is 11.1. The molecule has 2 aliphatic rings. The molecule has 2 saturated heterocycles. The summed E-state index contributed by atoms with van der Waals surface area (Å²) in [5.41, 5.74) is -0.0928. The van der Waals surface area contributed by atoms with Gasteiger partial charge in [0, 0.05) is 18.5 Å². The quantitative estimate of drug-likeness (QED) is 0.759. The van der Waals surface area contributed by atoms with Crippen molar-refractivity contribution in [2.45, 2.75) is 51.9 Å². The van der Waals surface area contributed by atoms with E-state index < -0.39 is 0 Å². The minimum absolute atomic E-state index is 0.0928. The lowest BCUT2D eigenvalue weighted by Crippen LogP contribution is -2.48. The Balaban J connectivity index is 1.96. The Morgan fingerprint density at radius 2 is 1.53 bits per heavy atom. The fraction of sp³-hybridized carbons (Fsp3) is 0.929. The van der Waals surface area contributed by atoms with Crippen LogP contribution in [0.2, 0.25) is 0 Å².